The molecule has 4 nitrogen and oxygen atoms in total. The minimum atomic E-state index is -1.58. The molecule has 1 atom stereocenters. The van der Waals surface area contributed by atoms with E-state index in [1.165, 1.54) is 27.9 Å². The first kappa shape index (κ1) is 14.9. The third-order valence-electron chi connectivity index (χ3n) is 3.57. The van der Waals surface area contributed by atoms with Crippen molar-refractivity contribution < 1.29 is 8.39 Å². The van der Waals surface area contributed by atoms with Crippen LogP contribution in [0.3, 0.4) is 0 Å². The molecule has 0 aliphatic carbocycles. The van der Waals surface area contributed by atoms with Gasteiger partial charge in [0.1, 0.15) is 0 Å². The fourth-order valence-corrected chi connectivity index (χ4v) is 3.21. The average molecular weight is 292 g/mol. The predicted molar refractivity (Wildman–Crippen MR) is 81.9 cm³/mol. The zero-order valence-electron chi connectivity index (χ0n) is 12.8. The van der Waals surface area contributed by atoms with Gasteiger partial charge in [-0.3, -0.25) is 4.18 Å². The molecule has 1 heterocycles. The Morgan fingerprint density at radius 1 is 1.10 bits per heavy atom. The van der Waals surface area contributed by atoms with Crippen LogP contribution in [0.15, 0.2) is 12.1 Å². The van der Waals surface area contributed by atoms with E-state index in [2.05, 4.69) is 38.0 Å². The van der Waals surface area contributed by atoms with E-state index < -0.39 is 11.3 Å². The molecule has 0 fully saturated rings. The summed E-state index contributed by atoms with van der Waals surface area (Å²) < 4.78 is 18.2. The van der Waals surface area contributed by atoms with Crippen molar-refractivity contribution >= 4 is 11.3 Å². The fraction of sp³-hybridized carbons (Fsp3) is 0.400. The van der Waals surface area contributed by atoms with Crippen LogP contribution >= 0.6 is 0 Å². The highest BCUT2D eigenvalue weighted by Gasteiger charge is 2.19. The van der Waals surface area contributed by atoms with Gasteiger partial charge in [-0.2, -0.15) is 9.19 Å². The van der Waals surface area contributed by atoms with E-state index in [-0.39, 0.29) is 0 Å². The first-order valence-corrected chi connectivity index (χ1v) is 7.51. The Balaban J connectivity index is 2.69. The maximum atomic E-state index is 11.8. The highest BCUT2D eigenvalue weighted by atomic mass is 32.2. The predicted octanol–water partition coefficient (Wildman–Crippen LogP) is 3.17. The summed E-state index contributed by atoms with van der Waals surface area (Å²) in [5.74, 6) is 0. The quantitative estimate of drug-likeness (QED) is 0.873. The molecule has 0 N–H and O–H groups in total. The van der Waals surface area contributed by atoms with Gasteiger partial charge in [0.15, 0.2) is 0 Å². The Morgan fingerprint density at radius 2 is 1.65 bits per heavy atom. The van der Waals surface area contributed by atoms with Crippen LogP contribution < -0.4 is 0 Å². The normalized spacial score (nSPS) is 12.7. The van der Waals surface area contributed by atoms with Gasteiger partial charge in [0.05, 0.1) is 18.5 Å². The summed E-state index contributed by atoms with van der Waals surface area (Å²) in [5.41, 5.74) is 7.48. The molecule has 0 aliphatic heterocycles. The summed E-state index contributed by atoms with van der Waals surface area (Å²) in [6.07, 6.45) is 0. The standard InChI is InChI=1S/C15H20N2O2S/c1-9-7-10(2)14(11(3)8-9)15-12(4)13(5)17(16-15)20(18)19-6/h7-8H,1-6H3. The van der Waals surface area contributed by atoms with Crippen LogP contribution in [0.1, 0.15) is 27.9 Å². The number of aryl methyl sites for hydroxylation is 3. The molecule has 0 spiro atoms. The first-order valence-electron chi connectivity index (χ1n) is 6.48. The lowest BCUT2D eigenvalue weighted by Crippen LogP contribution is -2.09. The summed E-state index contributed by atoms with van der Waals surface area (Å²) in [5, 5.41) is 4.49. The van der Waals surface area contributed by atoms with E-state index in [9.17, 15) is 4.21 Å². The summed E-state index contributed by atoms with van der Waals surface area (Å²) >= 11 is -1.58. The van der Waals surface area contributed by atoms with Gasteiger partial charge >= 0.3 is 0 Å². The van der Waals surface area contributed by atoms with Gasteiger partial charge in [0.2, 0.25) is 0 Å². The molecule has 0 bridgehead atoms. The second kappa shape index (κ2) is 5.50. The van der Waals surface area contributed by atoms with Gasteiger partial charge in [-0.05, 0) is 51.3 Å². The third kappa shape index (κ3) is 2.43. The maximum absolute atomic E-state index is 11.8. The monoisotopic (exact) mass is 292 g/mol. The Labute approximate surface area is 122 Å². The molecule has 1 aromatic carbocycles. The molecule has 1 unspecified atom stereocenters. The van der Waals surface area contributed by atoms with Crippen molar-refractivity contribution in [1.29, 1.82) is 0 Å². The van der Waals surface area contributed by atoms with Crippen LogP contribution in [0.2, 0.25) is 0 Å². The van der Waals surface area contributed by atoms with Gasteiger partial charge < -0.3 is 0 Å². The van der Waals surface area contributed by atoms with Crippen molar-refractivity contribution in [3.05, 3.63) is 40.1 Å². The average Bonchev–Trinajstić information content (AvgIpc) is 2.65. The summed E-state index contributed by atoms with van der Waals surface area (Å²) in [6.45, 7) is 10.1. The lowest BCUT2D eigenvalue weighted by atomic mass is 9.95. The largest absolute Gasteiger partial charge is 0.285 e. The topological polar surface area (TPSA) is 44.1 Å². The Hall–Kier alpha value is -1.46. The molecule has 1 aromatic heterocycles. The Kier molecular flexibility index (Phi) is 4.11. The Morgan fingerprint density at radius 3 is 2.15 bits per heavy atom. The number of benzene rings is 1. The van der Waals surface area contributed by atoms with Gasteiger partial charge in [-0.25, -0.2) is 4.21 Å². The van der Waals surface area contributed by atoms with Crippen LogP contribution in [-0.2, 0) is 15.4 Å². The van der Waals surface area contributed by atoms with Crippen LogP contribution in [0.25, 0.3) is 11.3 Å². The van der Waals surface area contributed by atoms with Crippen LogP contribution in [-0.4, -0.2) is 20.5 Å². The van der Waals surface area contributed by atoms with Crippen molar-refractivity contribution in [3.63, 3.8) is 0 Å². The SMILES string of the molecule is COS(=O)n1nc(-c2c(C)cc(C)cc2C)c(C)c1C. The second-order valence-corrected chi connectivity index (χ2v) is 6.20. The molecule has 2 rings (SSSR count). The van der Waals surface area contributed by atoms with E-state index in [1.807, 2.05) is 13.8 Å². The molecule has 0 amide bonds. The van der Waals surface area contributed by atoms with Crippen LogP contribution in [0.4, 0.5) is 0 Å². The summed E-state index contributed by atoms with van der Waals surface area (Å²) in [4.78, 5) is 0. The van der Waals surface area contributed by atoms with E-state index in [0.717, 1.165) is 22.5 Å². The van der Waals surface area contributed by atoms with Crippen LogP contribution in [0, 0.1) is 34.6 Å². The maximum Gasteiger partial charge on any atom is 0.285 e. The van der Waals surface area contributed by atoms with Gasteiger partial charge in [0.25, 0.3) is 11.3 Å². The second-order valence-electron chi connectivity index (χ2n) is 5.09. The number of hydrogen-bond acceptors (Lipinski definition) is 3. The minimum Gasteiger partial charge on any atom is -0.276 e. The number of hydrogen-bond donors (Lipinski definition) is 0. The number of nitrogens with zero attached hydrogens (tertiary/aromatic N) is 2. The van der Waals surface area contributed by atoms with E-state index in [0.29, 0.717) is 0 Å². The number of rotatable bonds is 3. The highest BCUT2D eigenvalue weighted by Crippen LogP contribution is 2.31. The van der Waals surface area contributed by atoms with Crippen LogP contribution in [0.5, 0.6) is 0 Å². The third-order valence-corrected chi connectivity index (χ3v) is 4.50. The molecule has 0 radical (unpaired) electrons. The summed E-state index contributed by atoms with van der Waals surface area (Å²) in [6, 6.07) is 4.28. The number of aromatic nitrogens is 2. The minimum absolute atomic E-state index is 0.861. The van der Waals surface area contributed by atoms with Crippen molar-refractivity contribution in [2.24, 2.45) is 0 Å². The van der Waals surface area contributed by atoms with E-state index >= 15 is 0 Å². The lowest BCUT2D eigenvalue weighted by molar-refractivity contribution is 0.434. The van der Waals surface area contributed by atoms with Gasteiger partial charge in [-0.15, -0.1) is 0 Å². The van der Waals surface area contributed by atoms with Crippen molar-refractivity contribution in [1.82, 2.24) is 9.19 Å². The molecule has 20 heavy (non-hydrogen) atoms. The zero-order valence-corrected chi connectivity index (χ0v) is 13.6. The molecule has 5 heteroatoms. The van der Waals surface area contributed by atoms with Crippen molar-refractivity contribution in [3.8, 4) is 11.3 Å². The Bertz CT molecular complexity index is 666. The first-order chi connectivity index (χ1) is 9.36. The van der Waals surface area contributed by atoms with E-state index in [4.69, 9.17) is 4.18 Å². The molecular formula is C15H20N2O2S. The van der Waals surface area contributed by atoms with Gasteiger partial charge in [0, 0.05) is 5.56 Å². The van der Waals surface area contributed by atoms with Crippen molar-refractivity contribution in [2.45, 2.75) is 34.6 Å². The fourth-order valence-electron chi connectivity index (χ4n) is 2.56. The van der Waals surface area contributed by atoms with Crippen molar-refractivity contribution in [2.75, 3.05) is 7.11 Å². The molecule has 2 aromatic rings. The smallest absolute Gasteiger partial charge is 0.276 e. The van der Waals surface area contributed by atoms with E-state index in [1.54, 1.807) is 0 Å². The zero-order chi connectivity index (χ0) is 15.0. The van der Waals surface area contributed by atoms with Gasteiger partial charge in [-0.1, -0.05) is 17.7 Å². The molecule has 108 valence electrons. The molecule has 0 saturated carbocycles. The molecule has 0 saturated heterocycles. The highest BCUT2D eigenvalue weighted by molar-refractivity contribution is 7.78. The lowest BCUT2D eigenvalue weighted by Gasteiger charge is -2.09. The summed E-state index contributed by atoms with van der Waals surface area (Å²) in [7, 11) is 1.41. The molecule has 0 aliphatic rings. The molecular weight excluding hydrogens is 272 g/mol.